The number of esters is 1. The maximum Gasteiger partial charge on any atom is 0.305 e. The van der Waals surface area contributed by atoms with E-state index < -0.39 is 0 Å². The van der Waals surface area contributed by atoms with Crippen LogP contribution in [0.4, 0.5) is 5.69 Å². The molecular formula is C21H18Br3NO3. The highest BCUT2D eigenvalue weighted by atomic mass is 79.9. The highest BCUT2D eigenvalue weighted by Crippen LogP contribution is 2.43. The second-order valence-electron chi connectivity index (χ2n) is 6.36. The zero-order valence-corrected chi connectivity index (χ0v) is 19.9. The van der Waals surface area contributed by atoms with E-state index in [1.54, 1.807) is 4.90 Å². The summed E-state index contributed by atoms with van der Waals surface area (Å²) in [6.45, 7) is 0.443. The lowest BCUT2D eigenvalue weighted by Crippen LogP contribution is -2.32. The molecule has 1 heterocycles. The van der Waals surface area contributed by atoms with E-state index in [1.165, 1.54) is 7.11 Å². The summed E-state index contributed by atoms with van der Waals surface area (Å²) in [5.41, 5.74) is 3.82. The Morgan fingerprint density at radius 3 is 2.46 bits per heavy atom. The lowest BCUT2D eigenvalue weighted by molar-refractivity contribution is -0.140. The van der Waals surface area contributed by atoms with Crippen LogP contribution in [-0.4, -0.2) is 19.0 Å². The minimum absolute atomic E-state index is 0.0272. The molecule has 0 N–H and O–H groups in total. The van der Waals surface area contributed by atoms with Gasteiger partial charge in [-0.2, -0.15) is 0 Å². The molecule has 0 atom stereocenters. The van der Waals surface area contributed by atoms with Gasteiger partial charge in [0.25, 0.3) is 0 Å². The lowest BCUT2D eigenvalue weighted by atomic mass is 10.0. The third-order valence-corrected chi connectivity index (χ3v) is 7.23. The van der Waals surface area contributed by atoms with Crippen LogP contribution in [0.1, 0.15) is 36.0 Å². The fourth-order valence-corrected chi connectivity index (χ4v) is 4.70. The molecule has 146 valence electrons. The Bertz CT molecular complexity index is 956. The molecule has 0 radical (unpaired) electrons. The van der Waals surface area contributed by atoms with Crippen molar-refractivity contribution >= 4 is 74.3 Å². The van der Waals surface area contributed by atoms with Crippen LogP contribution >= 0.6 is 47.8 Å². The molecule has 3 rings (SSSR count). The minimum Gasteiger partial charge on any atom is -0.469 e. The van der Waals surface area contributed by atoms with Crippen molar-refractivity contribution in [3.63, 3.8) is 0 Å². The minimum atomic E-state index is -0.301. The summed E-state index contributed by atoms with van der Waals surface area (Å²) in [5, 5.41) is 0. The van der Waals surface area contributed by atoms with Gasteiger partial charge >= 0.3 is 5.97 Å². The first kappa shape index (κ1) is 21.3. The maximum absolute atomic E-state index is 13.1. The van der Waals surface area contributed by atoms with Gasteiger partial charge in [-0.15, -0.1) is 0 Å². The summed E-state index contributed by atoms with van der Waals surface area (Å²) < 4.78 is 7.45. The van der Waals surface area contributed by atoms with Gasteiger partial charge in [0.05, 0.1) is 19.3 Å². The highest BCUT2D eigenvalue weighted by Gasteiger charge is 2.25. The van der Waals surface area contributed by atoms with Crippen molar-refractivity contribution in [3.05, 3.63) is 63.6 Å². The summed E-state index contributed by atoms with van der Waals surface area (Å²) in [7, 11) is 1.36. The molecule has 1 aliphatic heterocycles. The molecule has 0 saturated carbocycles. The topological polar surface area (TPSA) is 46.6 Å². The van der Waals surface area contributed by atoms with Crippen molar-refractivity contribution in [3.8, 4) is 0 Å². The van der Waals surface area contributed by atoms with E-state index in [-0.39, 0.29) is 24.7 Å². The Hall–Kier alpha value is -1.44. The fourth-order valence-electron chi connectivity index (χ4n) is 3.14. The number of para-hydroxylation sites is 1. The molecule has 0 spiro atoms. The second-order valence-corrected chi connectivity index (χ2v) is 8.86. The standard InChI is InChI=1S/C21H18Br3NO3/c1-28-19(27)8-4-7-18(26)25-12-13-11-14(22)9-10-15(13)20(23)21(24)16-5-2-3-6-17(16)25/h2-3,5-6,9-11H,4,7-8,12H2,1H3/b21-20-. The number of carbonyl (C=O) groups is 2. The van der Waals surface area contributed by atoms with Crippen LogP contribution < -0.4 is 4.90 Å². The quantitative estimate of drug-likeness (QED) is 0.407. The van der Waals surface area contributed by atoms with E-state index in [9.17, 15) is 9.59 Å². The van der Waals surface area contributed by atoms with Crippen molar-refractivity contribution in [2.45, 2.75) is 25.8 Å². The van der Waals surface area contributed by atoms with Crippen molar-refractivity contribution < 1.29 is 14.3 Å². The number of amides is 1. The number of nitrogens with zero attached hydrogens (tertiary/aromatic N) is 1. The molecule has 0 fully saturated rings. The fraction of sp³-hybridized carbons (Fsp3) is 0.238. The normalized spacial score (nSPS) is 15.9. The maximum atomic E-state index is 13.1. The molecule has 2 aromatic carbocycles. The van der Waals surface area contributed by atoms with E-state index in [4.69, 9.17) is 0 Å². The Balaban J connectivity index is 2.03. The number of carbonyl (C=O) groups excluding carboxylic acids is 2. The molecule has 0 aromatic heterocycles. The monoisotopic (exact) mass is 569 g/mol. The molecular weight excluding hydrogens is 554 g/mol. The number of anilines is 1. The molecule has 0 saturated heterocycles. The predicted molar refractivity (Wildman–Crippen MR) is 122 cm³/mol. The molecule has 28 heavy (non-hydrogen) atoms. The van der Waals surface area contributed by atoms with Gasteiger partial charge in [-0.1, -0.05) is 40.2 Å². The van der Waals surface area contributed by atoms with Crippen LogP contribution in [0, 0.1) is 0 Å². The number of fused-ring (bicyclic) bond motifs is 2. The summed E-state index contributed by atoms with van der Waals surface area (Å²) in [5.74, 6) is -0.328. The summed E-state index contributed by atoms with van der Waals surface area (Å²) in [4.78, 5) is 26.3. The first-order chi connectivity index (χ1) is 13.4. The predicted octanol–water partition coefficient (Wildman–Crippen LogP) is 6.25. The van der Waals surface area contributed by atoms with Gasteiger partial charge in [0, 0.05) is 31.8 Å². The number of rotatable bonds is 4. The third-order valence-electron chi connectivity index (χ3n) is 4.56. The van der Waals surface area contributed by atoms with Crippen LogP contribution in [0.25, 0.3) is 8.96 Å². The lowest BCUT2D eigenvalue weighted by Gasteiger charge is -2.29. The summed E-state index contributed by atoms with van der Waals surface area (Å²) in [6, 6.07) is 13.8. The van der Waals surface area contributed by atoms with Gasteiger partial charge in [-0.3, -0.25) is 9.59 Å². The van der Waals surface area contributed by atoms with E-state index >= 15 is 0 Å². The van der Waals surface area contributed by atoms with E-state index in [0.717, 1.165) is 35.8 Å². The number of methoxy groups -OCH3 is 1. The largest absolute Gasteiger partial charge is 0.469 e. The van der Waals surface area contributed by atoms with E-state index in [0.29, 0.717) is 13.0 Å². The number of ether oxygens (including phenoxy) is 1. The van der Waals surface area contributed by atoms with Crippen LogP contribution in [0.3, 0.4) is 0 Å². The van der Waals surface area contributed by atoms with Crippen LogP contribution in [-0.2, 0) is 20.9 Å². The summed E-state index contributed by atoms with van der Waals surface area (Å²) >= 11 is 10.9. The Morgan fingerprint density at radius 2 is 1.71 bits per heavy atom. The third kappa shape index (κ3) is 4.58. The smallest absolute Gasteiger partial charge is 0.305 e. The van der Waals surface area contributed by atoms with Crippen molar-refractivity contribution in [2.24, 2.45) is 0 Å². The molecule has 0 bridgehead atoms. The van der Waals surface area contributed by atoms with E-state index in [2.05, 4.69) is 52.5 Å². The number of halogens is 3. The van der Waals surface area contributed by atoms with Crippen molar-refractivity contribution in [2.75, 3.05) is 12.0 Å². The zero-order chi connectivity index (χ0) is 20.3. The van der Waals surface area contributed by atoms with Gasteiger partial charge in [-0.25, -0.2) is 0 Å². The van der Waals surface area contributed by atoms with Gasteiger partial charge in [0.15, 0.2) is 0 Å². The molecule has 1 aliphatic rings. The van der Waals surface area contributed by atoms with Crippen LogP contribution in [0.15, 0.2) is 46.9 Å². The molecule has 4 nitrogen and oxygen atoms in total. The van der Waals surface area contributed by atoms with Crippen LogP contribution in [0.2, 0.25) is 0 Å². The average Bonchev–Trinajstić information content (AvgIpc) is 2.70. The molecule has 1 amide bonds. The summed E-state index contributed by atoms with van der Waals surface area (Å²) in [6.07, 6.45) is 0.959. The van der Waals surface area contributed by atoms with Crippen molar-refractivity contribution in [1.82, 2.24) is 0 Å². The molecule has 0 aliphatic carbocycles. The number of hydrogen-bond donors (Lipinski definition) is 0. The molecule has 2 aromatic rings. The Morgan fingerprint density at radius 1 is 1.00 bits per heavy atom. The SMILES string of the molecule is COC(=O)CCCC(=O)N1Cc2cc(Br)ccc2/C(Br)=C(/Br)c2ccccc21. The second kappa shape index (κ2) is 9.37. The molecule has 0 unspecified atom stereocenters. The van der Waals surface area contributed by atoms with Gasteiger partial charge in [-0.05, 0) is 67.6 Å². The highest BCUT2D eigenvalue weighted by molar-refractivity contribution is 9.18. The average molecular weight is 572 g/mol. The molecule has 7 heteroatoms. The van der Waals surface area contributed by atoms with Crippen molar-refractivity contribution in [1.29, 1.82) is 0 Å². The first-order valence-electron chi connectivity index (χ1n) is 8.73. The number of benzene rings is 2. The van der Waals surface area contributed by atoms with Gasteiger partial charge in [0.2, 0.25) is 5.91 Å². The van der Waals surface area contributed by atoms with Gasteiger partial charge < -0.3 is 9.64 Å². The number of hydrogen-bond acceptors (Lipinski definition) is 3. The van der Waals surface area contributed by atoms with Crippen LogP contribution in [0.5, 0.6) is 0 Å². The van der Waals surface area contributed by atoms with E-state index in [1.807, 2.05) is 42.5 Å². The first-order valence-corrected chi connectivity index (χ1v) is 11.1. The van der Waals surface area contributed by atoms with Gasteiger partial charge in [0.1, 0.15) is 0 Å². The Kier molecular flexibility index (Phi) is 7.12. The zero-order valence-electron chi connectivity index (χ0n) is 15.2. The Labute approximate surface area is 189 Å².